The number of nitrogens with one attached hydrogen (secondary N) is 2. The number of carbonyl (C=O) groups excluding carboxylic acids is 1. The first kappa shape index (κ1) is 17.3. The minimum atomic E-state index is -4.54. The molecule has 0 unspecified atom stereocenters. The Hall–Kier alpha value is -2.14. The lowest BCUT2D eigenvalue weighted by Gasteiger charge is -2.26. The lowest BCUT2D eigenvalue weighted by molar-refractivity contribution is -0.141. The van der Waals surface area contributed by atoms with Gasteiger partial charge in [-0.25, -0.2) is 4.98 Å². The van der Waals surface area contributed by atoms with Crippen molar-refractivity contribution in [2.75, 3.05) is 5.32 Å². The second-order valence-electron chi connectivity index (χ2n) is 5.86. The number of carbonyl (C=O) groups is 1. The molecule has 1 amide bonds. The Kier molecular flexibility index (Phi) is 3.77. The summed E-state index contributed by atoms with van der Waals surface area (Å²) in [6.45, 7) is 1.58. The molecule has 6 nitrogen and oxygen atoms in total. The number of rotatable bonds is 1. The van der Waals surface area contributed by atoms with Gasteiger partial charge in [-0.1, -0.05) is 0 Å². The summed E-state index contributed by atoms with van der Waals surface area (Å²) >= 11 is 4.33. The zero-order chi connectivity index (χ0) is 18.8. The Morgan fingerprint density at radius 2 is 2.08 bits per heavy atom. The van der Waals surface area contributed by atoms with E-state index in [4.69, 9.17) is 0 Å². The number of fused-ring (bicyclic) bond motifs is 3. The molecule has 0 radical (unpaired) electrons. The highest BCUT2D eigenvalue weighted by Crippen LogP contribution is 2.43. The number of anilines is 1. The monoisotopic (exact) mass is 445 g/mol. The third kappa shape index (κ3) is 2.57. The highest BCUT2D eigenvalue weighted by Gasteiger charge is 2.36. The zero-order valence-corrected chi connectivity index (χ0v) is 15.8. The van der Waals surface area contributed by atoms with E-state index in [1.165, 1.54) is 0 Å². The fraction of sp³-hybridized carbons (Fsp3) is 0.267. The molecule has 3 aromatic heterocycles. The second kappa shape index (κ2) is 5.68. The fourth-order valence-electron chi connectivity index (χ4n) is 2.98. The van der Waals surface area contributed by atoms with Crippen LogP contribution in [0.25, 0.3) is 10.2 Å². The van der Waals surface area contributed by atoms with Crippen LogP contribution in [0.1, 0.15) is 32.8 Å². The van der Waals surface area contributed by atoms with Crippen molar-refractivity contribution in [3.8, 4) is 0 Å². The number of halogens is 4. The average Bonchev–Trinajstić information content (AvgIpc) is 3.07. The third-order valence-corrected chi connectivity index (χ3v) is 5.82. The molecule has 0 saturated carbocycles. The summed E-state index contributed by atoms with van der Waals surface area (Å²) in [7, 11) is 1.73. The highest BCUT2D eigenvalue weighted by molar-refractivity contribution is 9.10. The lowest BCUT2D eigenvalue weighted by Crippen LogP contribution is -2.38. The predicted octanol–water partition coefficient (Wildman–Crippen LogP) is 3.97. The smallest absolute Gasteiger partial charge is 0.358 e. The third-order valence-electron chi connectivity index (χ3n) is 4.13. The van der Waals surface area contributed by atoms with E-state index in [0.29, 0.717) is 31.7 Å². The number of thiophene rings is 1. The maximum Gasteiger partial charge on any atom is 0.433 e. The van der Waals surface area contributed by atoms with Crippen LogP contribution in [0.2, 0.25) is 0 Å². The van der Waals surface area contributed by atoms with Crippen LogP contribution in [0.4, 0.5) is 18.9 Å². The number of aromatic nitrogens is 3. The molecule has 0 spiro atoms. The molecule has 0 aliphatic carbocycles. The average molecular weight is 446 g/mol. The molecule has 4 rings (SSSR count). The van der Waals surface area contributed by atoms with Gasteiger partial charge in [-0.2, -0.15) is 18.3 Å². The molecule has 3 aromatic rings. The molecule has 11 heteroatoms. The first-order chi connectivity index (χ1) is 12.2. The van der Waals surface area contributed by atoms with Gasteiger partial charge in [-0.15, -0.1) is 11.3 Å². The first-order valence-corrected chi connectivity index (χ1v) is 9.04. The van der Waals surface area contributed by atoms with Crippen molar-refractivity contribution >= 4 is 49.1 Å². The fourth-order valence-corrected chi connectivity index (χ4v) is 4.68. The van der Waals surface area contributed by atoms with Crippen molar-refractivity contribution in [1.29, 1.82) is 0 Å². The molecule has 0 bridgehead atoms. The van der Waals surface area contributed by atoms with Gasteiger partial charge in [0.2, 0.25) is 0 Å². The Morgan fingerprint density at radius 1 is 1.35 bits per heavy atom. The van der Waals surface area contributed by atoms with Crippen molar-refractivity contribution in [2.45, 2.75) is 19.3 Å². The highest BCUT2D eigenvalue weighted by atomic mass is 79.9. The molecule has 1 aliphatic heterocycles. The number of amides is 1. The Morgan fingerprint density at radius 3 is 2.69 bits per heavy atom. The predicted molar refractivity (Wildman–Crippen MR) is 94.1 cm³/mol. The van der Waals surface area contributed by atoms with Crippen molar-refractivity contribution in [3.05, 3.63) is 38.6 Å². The van der Waals surface area contributed by atoms with Crippen molar-refractivity contribution in [1.82, 2.24) is 20.1 Å². The molecule has 1 atom stereocenters. The normalized spacial score (nSPS) is 17.2. The largest absolute Gasteiger partial charge is 0.433 e. The number of aryl methyl sites for hydroxylation is 2. The van der Waals surface area contributed by atoms with Crippen LogP contribution in [0.15, 0.2) is 16.7 Å². The SMILES string of the molecule is Cc1cc(C(F)(F)F)nc2sc3c(c12)N[C@H](c1c(Br)cnn1C)NC3=O. The minimum absolute atomic E-state index is 0.176. The van der Waals surface area contributed by atoms with E-state index < -0.39 is 18.0 Å². The summed E-state index contributed by atoms with van der Waals surface area (Å²) in [5.74, 6) is -0.368. The van der Waals surface area contributed by atoms with E-state index in [9.17, 15) is 18.0 Å². The maximum atomic E-state index is 13.0. The van der Waals surface area contributed by atoms with Gasteiger partial charge in [0.05, 0.1) is 22.1 Å². The van der Waals surface area contributed by atoms with Gasteiger partial charge in [0.1, 0.15) is 21.6 Å². The number of hydrogen-bond acceptors (Lipinski definition) is 5. The summed E-state index contributed by atoms with van der Waals surface area (Å²) in [6, 6.07) is 0.999. The first-order valence-electron chi connectivity index (χ1n) is 7.43. The Bertz CT molecular complexity index is 1040. The molecular formula is C15H11BrF3N5OS. The molecule has 0 saturated heterocycles. The molecule has 1 aliphatic rings. The van der Waals surface area contributed by atoms with Gasteiger partial charge in [-0.05, 0) is 34.5 Å². The van der Waals surface area contributed by atoms with E-state index in [-0.39, 0.29) is 10.7 Å². The minimum Gasteiger partial charge on any atom is -0.358 e. The standard InChI is InChI=1S/C15H11BrF3N5OS/c1-5-3-7(15(17,18)19)21-14-8(5)9-11(26-14)13(25)23-12(22-9)10-6(16)4-20-24(10)2/h3-4,12,22H,1-2H3,(H,23,25)/t12-/m0/s1. The topological polar surface area (TPSA) is 71.8 Å². The van der Waals surface area contributed by atoms with Gasteiger partial charge in [-0.3, -0.25) is 9.48 Å². The van der Waals surface area contributed by atoms with Crippen LogP contribution in [0.3, 0.4) is 0 Å². The zero-order valence-electron chi connectivity index (χ0n) is 13.4. The molecular weight excluding hydrogens is 435 g/mol. The van der Waals surface area contributed by atoms with E-state index in [1.54, 1.807) is 24.9 Å². The van der Waals surface area contributed by atoms with E-state index >= 15 is 0 Å². The maximum absolute atomic E-state index is 13.0. The van der Waals surface area contributed by atoms with E-state index in [0.717, 1.165) is 17.4 Å². The molecule has 0 aromatic carbocycles. The Balaban J connectivity index is 1.87. The number of nitrogens with zero attached hydrogens (tertiary/aromatic N) is 3. The van der Waals surface area contributed by atoms with Crippen LogP contribution in [-0.4, -0.2) is 20.7 Å². The van der Waals surface area contributed by atoms with Crippen molar-refractivity contribution in [3.63, 3.8) is 0 Å². The van der Waals surface area contributed by atoms with Crippen LogP contribution in [0, 0.1) is 6.92 Å². The quantitative estimate of drug-likeness (QED) is 0.594. The molecule has 0 fully saturated rings. The van der Waals surface area contributed by atoms with Crippen molar-refractivity contribution in [2.24, 2.45) is 7.05 Å². The summed E-state index contributed by atoms with van der Waals surface area (Å²) in [4.78, 5) is 16.7. The number of pyridine rings is 1. The van der Waals surface area contributed by atoms with E-state index in [2.05, 4.69) is 36.6 Å². The molecule has 26 heavy (non-hydrogen) atoms. The number of hydrogen-bond donors (Lipinski definition) is 2. The van der Waals surface area contributed by atoms with Crippen LogP contribution < -0.4 is 10.6 Å². The van der Waals surface area contributed by atoms with E-state index in [1.807, 2.05) is 0 Å². The summed E-state index contributed by atoms with van der Waals surface area (Å²) < 4.78 is 41.4. The Labute approximate surface area is 157 Å². The van der Waals surface area contributed by atoms with Gasteiger partial charge >= 0.3 is 6.18 Å². The molecule has 4 heterocycles. The summed E-state index contributed by atoms with van der Waals surface area (Å²) in [5, 5.41) is 10.6. The summed E-state index contributed by atoms with van der Waals surface area (Å²) in [5.41, 5.74) is 0.628. The molecule has 2 N–H and O–H groups in total. The van der Waals surface area contributed by atoms with Crippen LogP contribution >= 0.6 is 27.3 Å². The second-order valence-corrected chi connectivity index (χ2v) is 7.71. The van der Waals surface area contributed by atoms with Gasteiger partial charge in [0, 0.05) is 12.4 Å². The van der Waals surface area contributed by atoms with Crippen LogP contribution in [-0.2, 0) is 13.2 Å². The van der Waals surface area contributed by atoms with Gasteiger partial charge in [0.25, 0.3) is 5.91 Å². The van der Waals surface area contributed by atoms with Crippen molar-refractivity contribution < 1.29 is 18.0 Å². The van der Waals surface area contributed by atoms with Gasteiger partial charge in [0.15, 0.2) is 0 Å². The lowest BCUT2D eigenvalue weighted by atomic mass is 10.1. The van der Waals surface area contributed by atoms with Gasteiger partial charge < -0.3 is 10.6 Å². The summed E-state index contributed by atoms with van der Waals surface area (Å²) in [6.07, 6.45) is -3.51. The van der Waals surface area contributed by atoms with Crippen LogP contribution in [0.5, 0.6) is 0 Å². The number of alkyl halides is 3. The molecule has 136 valence electrons.